The lowest BCUT2D eigenvalue weighted by atomic mass is 9.78. The van der Waals surface area contributed by atoms with Gasteiger partial charge in [0.25, 0.3) is 0 Å². The van der Waals surface area contributed by atoms with E-state index in [-0.39, 0.29) is 41.6 Å². The standard InChI is InChI=1S/C28H42N2O5S/c1-5-11-19(4)29-14-10-13-28-23(22-21(36-28)12-8-6-7-9-15-35-27(22)34)25(32)30(24(28)26(29)33)20(17-31)16-18(2)3/h8,10,12-13,18-24,31H,5-7,9,11,14-17H2,1-4H3/b12-8-/t19?,20-,21-,22+,23+,24?,28+/m1/s1. The predicted molar refractivity (Wildman–Crippen MR) is 141 cm³/mol. The molecule has 2 amide bonds. The fourth-order valence-electron chi connectivity index (χ4n) is 6.56. The molecule has 0 aromatic rings. The van der Waals surface area contributed by atoms with Gasteiger partial charge in [0.1, 0.15) is 6.04 Å². The number of ether oxygens (including phenoxy) is 1. The number of aliphatic hydroxyl groups excluding tert-OH is 1. The van der Waals surface area contributed by atoms with Crippen molar-refractivity contribution in [3.05, 3.63) is 24.3 Å². The molecule has 2 unspecified atom stereocenters. The van der Waals surface area contributed by atoms with Gasteiger partial charge in [0, 0.05) is 17.8 Å². The van der Waals surface area contributed by atoms with Crippen LogP contribution in [0.3, 0.4) is 0 Å². The zero-order valence-corrected chi connectivity index (χ0v) is 22.9. The van der Waals surface area contributed by atoms with Crippen LogP contribution in [0.1, 0.15) is 66.2 Å². The quantitative estimate of drug-likeness (QED) is 0.410. The van der Waals surface area contributed by atoms with Crippen molar-refractivity contribution in [2.24, 2.45) is 17.8 Å². The monoisotopic (exact) mass is 518 g/mol. The first-order valence-electron chi connectivity index (χ1n) is 13.7. The van der Waals surface area contributed by atoms with Crippen molar-refractivity contribution in [1.29, 1.82) is 0 Å². The Morgan fingerprint density at radius 1 is 1.17 bits per heavy atom. The number of hydrogen-bond acceptors (Lipinski definition) is 6. The fraction of sp³-hybridized carbons (Fsp3) is 0.750. The second-order valence-corrected chi connectivity index (χ2v) is 12.7. The van der Waals surface area contributed by atoms with Gasteiger partial charge in [-0.1, -0.05) is 51.5 Å². The zero-order valence-electron chi connectivity index (χ0n) is 22.1. The van der Waals surface area contributed by atoms with Crippen LogP contribution in [0.2, 0.25) is 0 Å². The molecule has 4 aliphatic heterocycles. The van der Waals surface area contributed by atoms with Crippen LogP contribution in [0.4, 0.5) is 0 Å². The van der Waals surface area contributed by atoms with Crippen LogP contribution >= 0.6 is 11.8 Å². The largest absolute Gasteiger partial charge is 0.465 e. The molecule has 0 bridgehead atoms. The number of aliphatic hydroxyl groups is 1. The lowest BCUT2D eigenvalue weighted by Crippen LogP contribution is -2.58. The number of allylic oxidation sites excluding steroid dienone is 1. The van der Waals surface area contributed by atoms with Crippen LogP contribution in [0.5, 0.6) is 0 Å². The molecule has 200 valence electrons. The van der Waals surface area contributed by atoms with E-state index in [4.69, 9.17) is 4.74 Å². The van der Waals surface area contributed by atoms with Crippen molar-refractivity contribution >= 4 is 29.5 Å². The van der Waals surface area contributed by atoms with Crippen molar-refractivity contribution in [2.75, 3.05) is 19.8 Å². The summed E-state index contributed by atoms with van der Waals surface area (Å²) in [6, 6.07) is -1.20. The molecule has 1 spiro atoms. The van der Waals surface area contributed by atoms with Gasteiger partial charge < -0.3 is 19.6 Å². The van der Waals surface area contributed by atoms with Crippen LogP contribution < -0.4 is 0 Å². The maximum absolute atomic E-state index is 14.3. The molecule has 8 heteroatoms. The van der Waals surface area contributed by atoms with Crippen LogP contribution in [0.15, 0.2) is 24.3 Å². The molecule has 0 saturated carbocycles. The number of hydrogen-bond donors (Lipinski definition) is 1. The van der Waals surface area contributed by atoms with Crippen molar-refractivity contribution in [1.82, 2.24) is 9.80 Å². The minimum absolute atomic E-state index is 0.0351. The smallest absolute Gasteiger partial charge is 0.311 e. The highest BCUT2D eigenvalue weighted by Crippen LogP contribution is 2.61. The predicted octanol–water partition coefficient (Wildman–Crippen LogP) is 3.56. The third-order valence-corrected chi connectivity index (χ3v) is 9.90. The Hall–Kier alpha value is -1.80. The first-order chi connectivity index (χ1) is 17.3. The number of rotatable bonds is 7. The summed E-state index contributed by atoms with van der Waals surface area (Å²) in [4.78, 5) is 45.6. The highest BCUT2D eigenvalue weighted by Gasteiger charge is 2.71. The Labute approximate surface area is 219 Å². The van der Waals surface area contributed by atoms with Gasteiger partial charge in [-0.2, -0.15) is 0 Å². The maximum Gasteiger partial charge on any atom is 0.311 e. The Morgan fingerprint density at radius 3 is 2.64 bits per heavy atom. The van der Waals surface area contributed by atoms with E-state index in [9.17, 15) is 19.5 Å². The number of fused-ring (bicyclic) bond motifs is 2. The van der Waals surface area contributed by atoms with E-state index in [1.54, 1.807) is 16.7 Å². The van der Waals surface area contributed by atoms with Crippen LogP contribution in [0, 0.1) is 17.8 Å². The van der Waals surface area contributed by atoms with Crippen LogP contribution in [0.25, 0.3) is 0 Å². The van der Waals surface area contributed by atoms with Crippen LogP contribution in [-0.4, -0.2) is 80.6 Å². The van der Waals surface area contributed by atoms with E-state index < -0.39 is 28.7 Å². The average Bonchev–Trinajstić information content (AvgIpc) is 3.22. The third kappa shape index (κ3) is 4.75. The van der Waals surface area contributed by atoms with Gasteiger partial charge in [-0.15, -0.1) is 11.8 Å². The molecule has 7 atom stereocenters. The summed E-state index contributed by atoms with van der Waals surface area (Å²) in [5.74, 6) is -1.74. The second-order valence-electron chi connectivity index (χ2n) is 11.2. The van der Waals surface area contributed by atoms with Gasteiger partial charge in [-0.3, -0.25) is 14.4 Å². The Morgan fingerprint density at radius 2 is 1.94 bits per heavy atom. The van der Waals surface area contributed by atoms with Crippen molar-refractivity contribution < 1.29 is 24.2 Å². The molecule has 2 fully saturated rings. The van der Waals surface area contributed by atoms with Crippen molar-refractivity contribution in [2.45, 2.75) is 94.3 Å². The first-order valence-corrected chi connectivity index (χ1v) is 14.6. The highest BCUT2D eigenvalue weighted by molar-refractivity contribution is 8.02. The van der Waals surface area contributed by atoms with E-state index in [1.165, 1.54) is 0 Å². The molecule has 36 heavy (non-hydrogen) atoms. The zero-order chi connectivity index (χ0) is 26.0. The molecular weight excluding hydrogens is 476 g/mol. The SMILES string of the molecule is CCCC(C)N1CC=C[C@]23S[C@@H]4/C=C\CCCCOC(=O)[C@@H]4[C@H]2C(=O)N([C@@H](CO)CC(C)C)C3C1=O. The molecular formula is C28H42N2O5S. The molecule has 4 aliphatic rings. The number of likely N-dealkylation sites (tertiary alicyclic amines) is 1. The van der Waals surface area contributed by atoms with E-state index >= 15 is 0 Å². The molecule has 0 aromatic heterocycles. The minimum Gasteiger partial charge on any atom is -0.465 e. The fourth-order valence-corrected chi connectivity index (χ4v) is 8.55. The van der Waals surface area contributed by atoms with E-state index in [0.717, 1.165) is 32.1 Å². The van der Waals surface area contributed by atoms with E-state index in [1.807, 2.05) is 17.1 Å². The molecule has 0 aromatic carbocycles. The Bertz CT molecular complexity index is 904. The molecule has 2 saturated heterocycles. The number of carbonyl (C=O) groups is 3. The molecule has 0 radical (unpaired) electrons. The topological polar surface area (TPSA) is 87.2 Å². The molecule has 7 nitrogen and oxygen atoms in total. The summed E-state index contributed by atoms with van der Waals surface area (Å²) in [5, 5.41) is 10.2. The van der Waals surface area contributed by atoms with Gasteiger partial charge in [-0.25, -0.2) is 0 Å². The summed E-state index contributed by atoms with van der Waals surface area (Å²) in [7, 11) is 0. The number of amides is 2. The first kappa shape index (κ1) is 27.2. The summed E-state index contributed by atoms with van der Waals surface area (Å²) in [6.45, 7) is 8.90. The minimum atomic E-state index is -0.869. The lowest BCUT2D eigenvalue weighted by molar-refractivity contribution is -0.154. The summed E-state index contributed by atoms with van der Waals surface area (Å²) in [6.07, 6.45) is 13.3. The molecule has 1 N–H and O–H groups in total. The maximum atomic E-state index is 14.3. The van der Waals surface area contributed by atoms with Crippen molar-refractivity contribution in [3.63, 3.8) is 0 Å². The third-order valence-electron chi connectivity index (χ3n) is 8.16. The average molecular weight is 519 g/mol. The molecule has 4 heterocycles. The lowest BCUT2D eigenvalue weighted by Gasteiger charge is -2.40. The van der Waals surface area contributed by atoms with Gasteiger partial charge in [0.05, 0.1) is 35.8 Å². The number of thioether (sulfide) groups is 1. The van der Waals surface area contributed by atoms with Crippen LogP contribution in [-0.2, 0) is 19.1 Å². The van der Waals surface area contributed by atoms with Gasteiger partial charge >= 0.3 is 5.97 Å². The molecule has 0 aliphatic carbocycles. The normalized spacial score (nSPS) is 35.1. The van der Waals surface area contributed by atoms with Gasteiger partial charge in [0.15, 0.2) is 0 Å². The number of carbonyl (C=O) groups excluding carboxylic acids is 3. The van der Waals surface area contributed by atoms with Gasteiger partial charge in [0.2, 0.25) is 11.8 Å². The number of nitrogens with zero attached hydrogens (tertiary/aromatic N) is 2. The summed E-state index contributed by atoms with van der Waals surface area (Å²) in [5.41, 5.74) is 0. The molecule has 4 rings (SSSR count). The Balaban J connectivity index is 1.83. The van der Waals surface area contributed by atoms with Gasteiger partial charge in [-0.05, 0) is 44.9 Å². The van der Waals surface area contributed by atoms with Crippen molar-refractivity contribution in [3.8, 4) is 0 Å². The summed E-state index contributed by atoms with van der Waals surface area (Å²) < 4.78 is 4.81. The highest BCUT2D eigenvalue weighted by atomic mass is 32.2. The summed E-state index contributed by atoms with van der Waals surface area (Å²) >= 11 is 1.57. The van der Waals surface area contributed by atoms with E-state index in [2.05, 4.69) is 39.8 Å². The number of esters is 1. The second kappa shape index (κ2) is 11.3. The number of cyclic esters (lactones) is 1. The Kier molecular flexibility index (Phi) is 8.55. The van der Waals surface area contributed by atoms with E-state index in [0.29, 0.717) is 19.6 Å².